The van der Waals surface area contributed by atoms with Gasteiger partial charge in [-0.25, -0.2) is 9.18 Å². The number of carbonyl (C=O) groups excluding carboxylic acids is 2. The fraction of sp³-hybridized carbons (Fsp3) is 0.0435. The van der Waals surface area contributed by atoms with Crippen LogP contribution in [0.3, 0.4) is 0 Å². The van der Waals surface area contributed by atoms with Crippen LogP contribution >= 0.6 is 0 Å². The number of benzene rings is 3. The number of Topliss-reactive ketones (excluding diaryl/α,β-unsaturated/α-hetero) is 1. The number of ketones is 1. The summed E-state index contributed by atoms with van der Waals surface area (Å²) in [5.74, 6) is -0.00313. The lowest BCUT2D eigenvalue weighted by molar-refractivity contribution is 0.0734. The Bertz CT molecular complexity index is 1130. The van der Waals surface area contributed by atoms with Crippen LogP contribution in [0.1, 0.15) is 26.3 Å². The summed E-state index contributed by atoms with van der Waals surface area (Å²) in [5.41, 5.74) is 1.34. The molecule has 0 aliphatic carbocycles. The Labute approximate surface area is 166 Å². The van der Waals surface area contributed by atoms with Crippen LogP contribution in [0.5, 0.6) is 17.2 Å². The Kier molecular flexibility index (Phi) is 4.83. The smallest absolute Gasteiger partial charge is 0.343 e. The number of methoxy groups -OCH3 is 1. The first-order valence-electron chi connectivity index (χ1n) is 8.73. The molecule has 0 amide bonds. The van der Waals surface area contributed by atoms with Gasteiger partial charge in [-0.3, -0.25) is 4.79 Å². The minimum Gasteiger partial charge on any atom is -0.497 e. The SMILES string of the molecule is COc1cccc(C=C2Oc3cc(OC(=O)c4ccc(F)cc4)ccc3C2=O)c1. The van der Waals surface area contributed by atoms with Crippen molar-refractivity contribution in [2.24, 2.45) is 0 Å². The molecule has 0 unspecified atom stereocenters. The molecule has 0 bridgehead atoms. The van der Waals surface area contributed by atoms with Gasteiger partial charge in [0.1, 0.15) is 23.1 Å². The quantitative estimate of drug-likeness (QED) is 0.368. The molecule has 0 saturated heterocycles. The van der Waals surface area contributed by atoms with Crippen LogP contribution in [0.2, 0.25) is 0 Å². The number of hydrogen-bond acceptors (Lipinski definition) is 5. The standard InChI is InChI=1S/C23H15FO5/c1-27-17-4-2-3-14(11-17)12-21-22(25)19-10-9-18(13-20(19)29-21)28-23(26)15-5-7-16(24)8-6-15/h2-13H,1H3. The minimum absolute atomic E-state index is 0.162. The van der Waals surface area contributed by atoms with E-state index in [1.54, 1.807) is 25.3 Å². The molecule has 3 aromatic carbocycles. The highest BCUT2D eigenvalue weighted by Crippen LogP contribution is 2.35. The van der Waals surface area contributed by atoms with E-state index >= 15 is 0 Å². The summed E-state index contributed by atoms with van der Waals surface area (Å²) in [6.07, 6.45) is 1.62. The fourth-order valence-electron chi connectivity index (χ4n) is 2.87. The lowest BCUT2D eigenvalue weighted by Gasteiger charge is -2.05. The molecule has 1 heterocycles. The van der Waals surface area contributed by atoms with Crippen molar-refractivity contribution in [3.8, 4) is 17.2 Å². The average molecular weight is 390 g/mol. The van der Waals surface area contributed by atoms with Gasteiger partial charge in [0.05, 0.1) is 18.2 Å². The normalized spacial score (nSPS) is 13.7. The predicted octanol–water partition coefficient (Wildman–Crippen LogP) is 4.67. The molecule has 0 fully saturated rings. The molecule has 0 saturated carbocycles. The van der Waals surface area contributed by atoms with E-state index in [4.69, 9.17) is 14.2 Å². The van der Waals surface area contributed by atoms with E-state index in [0.29, 0.717) is 17.1 Å². The molecule has 5 nitrogen and oxygen atoms in total. The van der Waals surface area contributed by atoms with E-state index in [-0.39, 0.29) is 22.9 Å². The third-order valence-electron chi connectivity index (χ3n) is 4.32. The maximum Gasteiger partial charge on any atom is 0.343 e. The van der Waals surface area contributed by atoms with Crippen LogP contribution in [0, 0.1) is 5.82 Å². The van der Waals surface area contributed by atoms with Crippen molar-refractivity contribution >= 4 is 17.8 Å². The summed E-state index contributed by atoms with van der Waals surface area (Å²) in [5, 5.41) is 0. The van der Waals surface area contributed by atoms with Gasteiger partial charge >= 0.3 is 5.97 Å². The Hall–Kier alpha value is -3.93. The molecular weight excluding hydrogens is 375 g/mol. The summed E-state index contributed by atoms with van der Waals surface area (Å²) in [6, 6.07) is 16.8. The lowest BCUT2D eigenvalue weighted by atomic mass is 10.1. The van der Waals surface area contributed by atoms with Gasteiger partial charge in [0.25, 0.3) is 0 Å². The van der Waals surface area contributed by atoms with Gasteiger partial charge in [-0.1, -0.05) is 12.1 Å². The summed E-state index contributed by atoms with van der Waals surface area (Å²) < 4.78 is 29.1. The van der Waals surface area contributed by atoms with Gasteiger partial charge in [-0.15, -0.1) is 0 Å². The van der Waals surface area contributed by atoms with Crippen LogP contribution in [0.25, 0.3) is 6.08 Å². The number of ether oxygens (including phenoxy) is 3. The summed E-state index contributed by atoms with van der Waals surface area (Å²) in [7, 11) is 1.56. The van der Waals surface area contributed by atoms with Crippen LogP contribution in [0.4, 0.5) is 4.39 Å². The molecule has 29 heavy (non-hydrogen) atoms. The Morgan fingerprint density at radius 2 is 1.79 bits per heavy atom. The number of carbonyl (C=O) groups is 2. The Morgan fingerprint density at radius 3 is 2.55 bits per heavy atom. The molecular formula is C23H15FO5. The third kappa shape index (κ3) is 3.87. The zero-order valence-corrected chi connectivity index (χ0v) is 15.3. The number of esters is 1. The predicted molar refractivity (Wildman–Crippen MR) is 104 cm³/mol. The largest absolute Gasteiger partial charge is 0.497 e. The van der Waals surface area contributed by atoms with Crippen molar-refractivity contribution in [3.05, 3.63) is 95.0 Å². The molecule has 0 radical (unpaired) electrons. The summed E-state index contributed by atoms with van der Waals surface area (Å²) in [6.45, 7) is 0. The monoisotopic (exact) mass is 390 g/mol. The molecule has 1 aliphatic rings. The van der Waals surface area contributed by atoms with E-state index in [1.807, 2.05) is 12.1 Å². The highest BCUT2D eigenvalue weighted by atomic mass is 19.1. The average Bonchev–Trinajstić information content (AvgIpc) is 3.03. The van der Waals surface area contributed by atoms with Crippen molar-refractivity contribution in [2.45, 2.75) is 0 Å². The van der Waals surface area contributed by atoms with Crippen LogP contribution in [-0.4, -0.2) is 18.9 Å². The highest BCUT2D eigenvalue weighted by Gasteiger charge is 2.28. The second kappa shape index (κ2) is 7.59. The summed E-state index contributed by atoms with van der Waals surface area (Å²) in [4.78, 5) is 24.8. The molecule has 0 atom stereocenters. The van der Waals surface area contributed by atoms with Crippen molar-refractivity contribution < 1.29 is 28.2 Å². The van der Waals surface area contributed by atoms with Gasteiger partial charge in [0.15, 0.2) is 5.76 Å². The topological polar surface area (TPSA) is 61.8 Å². The first-order chi connectivity index (χ1) is 14.0. The Morgan fingerprint density at radius 1 is 1.00 bits per heavy atom. The highest BCUT2D eigenvalue weighted by molar-refractivity contribution is 6.14. The van der Waals surface area contributed by atoms with Gasteiger partial charge in [-0.05, 0) is 60.2 Å². The van der Waals surface area contributed by atoms with Crippen LogP contribution in [0.15, 0.2) is 72.5 Å². The van der Waals surface area contributed by atoms with E-state index < -0.39 is 11.8 Å². The van der Waals surface area contributed by atoms with Gasteiger partial charge in [0.2, 0.25) is 5.78 Å². The molecule has 1 aliphatic heterocycles. The Balaban J connectivity index is 1.54. The number of halogens is 1. The molecule has 6 heteroatoms. The van der Waals surface area contributed by atoms with E-state index in [1.165, 1.54) is 42.5 Å². The molecule has 0 N–H and O–H groups in total. The van der Waals surface area contributed by atoms with Gasteiger partial charge in [-0.2, -0.15) is 0 Å². The molecule has 4 rings (SSSR count). The van der Waals surface area contributed by atoms with E-state index in [9.17, 15) is 14.0 Å². The van der Waals surface area contributed by atoms with Crippen molar-refractivity contribution in [2.75, 3.05) is 7.11 Å². The lowest BCUT2D eigenvalue weighted by Crippen LogP contribution is -2.08. The van der Waals surface area contributed by atoms with Gasteiger partial charge < -0.3 is 14.2 Å². The van der Waals surface area contributed by atoms with E-state index in [0.717, 1.165) is 5.56 Å². The molecule has 144 valence electrons. The first-order valence-corrected chi connectivity index (χ1v) is 8.73. The minimum atomic E-state index is -0.638. The number of hydrogen-bond donors (Lipinski definition) is 0. The maximum absolute atomic E-state index is 13.0. The number of fused-ring (bicyclic) bond motifs is 1. The molecule has 0 aromatic heterocycles. The van der Waals surface area contributed by atoms with E-state index in [2.05, 4.69) is 0 Å². The van der Waals surface area contributed by atoms with Crippen molar-refractivity contribution in [1.29, 1.82) is 0 Å². The first kappa shape index (κ1) is 18.4. The van der Waals surface area contributed by atoms with Crippen LogP contribution < -0.4 is 14.2 Å². The third-order valence-corrected chi connectivity index (χ3v) is 4.32. The van der Waals surface area contributed by atoms with Gasteiger partial charge in [0, 0.05) is 6.07 Å². The number of allylic oxidation sites excluding steroid dienone is 1. The number of rotatable bonds is 4. The zero-order valence-electron chi connectivity index (χ0n) is 15.3. The second-order valence-electron chi connectivity index (χ2n) is 6.27. The zero-order chi connectivity index (χ0) is 20.4. The maximum atomic E-state index is 13.0. The fourth-order valence-corrected chi connectivity index (χ4v) is 2.87. The molecule has 0 spiro atoms. The van der Waals surface area contributed by atoms with Crippen LogP contribution in [-0.2, 0) is 0 Å². The second-order valence-corrected chi connectivity index (χ2v) is 6.27. The van der Waals surface area contributed by atoms with Crippen molar-refractivity contribution in [1.82, 2.24) is 0 Å². The van der Waals surface area contributed by atoms with Crippen molar-refractivity contribution in [3.63, 3.8) is 0 Å². The molecule has 3 aromatic rings. The summed E-state index contributed by atoms with van der Waals surface area (Å²) >= 11 is 0.